The third kappa shape index (κ3) is 48.5. The quantitative estimate of drug-likeness (QED) is 0.0246. The van der Waals surface area contributed by atoms with E-state index in [0.717, 1.165) is 19.5 Å². The number of carbonyl (C=O) groups is 8. The number of aliphatic hydroxyl groups excluding tert-OH is 2. The molecule has 4 rings (SSSR count). The first-order valence-corrected chi connectivity index (χ1v) is 28.9. The second kappa shape index (κ2) is 40.5. The molecule has 21 heteroatoms. The minimum absolute atomic E-state index is 0. The zero-order chi connectivity index (χ0) is 65.9. The summed E-state index contributed by atoms with van der Waals surface area (Å²) in [5.74, 6) is -2.82. The van der Waals surface area contributed by atoms with E-state index in [1.807, 2.05) is 104 Å². The molecule has 0 saturated carbocycles. The summed E-state index contributed by atoms with van der Waals surface area (Å²) in [6.07, 6.45) is 5.40. The van der Waals surface area contributed by atoms with Crippen molar-refractivity contribution in [1.29, 1.82) is 0 Å². The van der Waals surface area contributed by atoms with Gasteiger partial charge in [-0.1, -0.05) is 46.8 Å². The van der Waals surface area contributed by atoms with Crippen molar-refractivity contribution < 1.29 is 108 Å². The van der Waals surface area contributed by atoms with Crippen molar-refractivity contribution in [3.63, 3.8) is 0 Å². The predicted molar refractivity (Wildman–Crippen MR) is 324 cm³/mol. The number of ketones is 2. The molecule has 0 aromatic heterocycles. The number of rotatable bonds is 19. The van der Waals surface area contributed by atoms with Crippen LogP contribution >= 0.6 is 0 Å². The number of aliphatic hydroxyl groups is 2. The number of esters is 5. The number of ether oxygens (including phenoxy) is 9. The van der Waals surface area contributed by atoms with Crippen molar-refractivity contribution in [2.24, 2.45) is 29.6 Å². The van der Waals surface area contributed by atoms with Gasteiger partial charge in [0.05, 0.1) is 64.1 Å². The Morgan fingerprint density at radius 2 is 0.800 bits per heavy atom. The van der Waals surface area contributed by atoms with E-state index in [1.165, 1.54) is 12.8 Å². The Morgan fingerprint density at radius 1 is 0.541 bits per heavy atom. The fraction of sp³-hybridized carbons (Fsp3) is 0.812. The zero-order valence-corrected chi connectivity index (χ0v) is 59.9. The van der Waals surface area contributed by atoms with Crippen molar-refractivity contribution in [2.75, 3.05) is 33.0 Å². The Kier molecular flexibility index (Phi) is 43.1. The average molecular weight is 1290 g/mol. The summed E-state index contributed by atoms with van der Waals surface area (Å²) >= 11 is 0. The first kappa shape index (κ1) is 90.6. The Labute approximate surface area is 538 Å². The van der Waals surface area contributed by atoms with Crippen LogP contribution < -0.4 is 17.0 Å². The van der Waals surface area contributed by atoms with Gasteiger partial charge in [0, 0.05) is 31.0 Å². The Bertz CT molecular complexity index is 1970. The van der Waals surface area contributed by atoms with Crippen LogP contribution in [0.3, 0.4) is 0 Å². The van der Waals surface area contributed by atoms with Crippen LogP contribution in [-0.2, 0) is 81.0 Å². The summed E-state index contributed by atoms with van der Waals surface area (Å²) in [5.41, 5.74) is -3.48. The first-order chi connectivity index (χ1) is 37.3. The maximum Gasteiger partial charge on any atom is 2.00 e. The van der Waals surface area contributed by atoms with E-state index in [-0.39, 0.29) is 143 Å². The number of Topliss-reactive ketones (excluding diaryl/α,β-unsaturated/α-hetero) is 2. The summed E-state index contributed by atoms with van der Waals surface area (Å²) in [7, 11) is 0. The van der Waals surface area contributed by atoms with Crippen LogP contribution in [0, 0.1) is 35.7 Å². The first-order valence-electron chi connectivity index (χ1n) is 28.9. The molecular formula is C64H113BrMgO19. The molecule has 4 aliphatic rings. The Hall–Kier alpha value is -3.15. The van der Waals surface area contributed by atoms with Gasteiger partial charge in [0.1, 0.15) is 51.1 Å². The van der Waals surface area contributed by atoms with Crippen LogP contribution in [0.25, 0.3) is 0 Å². The molecule has 2 N–H and O–H groups in total. The van der Waals surface area contributed by atoms with Gasteiger partial charge in [-0.15, -0.1) is 0 Å². The minimum Gasteiger partial charge on any atom is -1.00 e. The maximum absolute atomic E-state index is 11.8. The molecule has 0 amide bonds. The van der Waals surface area contributed by atoms with Crippen molar-refractivity contribution in [2.45, 2.75) is 275 Å². The molecule has 4 heterocycles. The molecule has 492 valence electrons. The Balaban J connectivity index is -0.000000302. The monoisotopic (exact) mass is 1290 g/mol. The van der Waals surface area contributed by atoms with Crippen molar-refractivity contribution in [1.82, 2.24) is 0 Å². The van der Waals surface area contributed by atoms with Gasteiger partial charge in [-0.2, -0.15) is 6.92 Å². The molecule has 5 unspecified atom stereocenters. The van der Waals surface area contributed by atoms with Gasteiger partial charge in [-0.3, -0.25) is 40.1 Å². The van der Waals surface area contributed by atoms with Gasteiger partial charge >= 0.3 is 52.9 Å². The number of epoxide rings is 3. The van der Waals surface area contributed by atoms with E-state index >= 15 is 0 Å². The van der Waals surface area contributed by atoms with Crippen molar-refractivity contribution in [3.05, 3.63) is 24.8 Å². The molecule has 0 radical (unpaired) electrons. The van der Waals surface area contributed by atoms with Crippen LogP contribution in [0.5, 0.6) is 0 Å². The molecule has 0 aliphatic carbocycles. The second-order valence-corrected chi connectivity index (χ2v) is 27.6. The van der Waals surface area contributed by atoms with Gasteiger partial charge in [0.2, 0.25) is 0 Å². The van der Waals surface area contributed by atoms with Crippen LogP contribution in [0.1, 0.15) is 218 Å². The average Bonchev–Trinajstić information content (AvgIpc) is 4.26. The predicted octanol–water partition coefficient (Wildman–Crippen LogP) is 7.19. The molecule has 85 heavy (non-hydrogen) atoms. The van der Waals surface area contributed by atoms with Crippen LogP contribution in [0.2, 0.25) is 0 Å². The normalized spacial score (nSPS) is 21.4. The number of aldehydes is 1. The third-order valence-electron chi connectivity index (χ3n) is 11.5. The molecule has 4 aliphatic heterocycles. The molecular weight excluding hydrogens is 1180 g/mol. The largest absolute Gasteiger partial charge is 2.00 e. The molecule has 0 aromatic rings. The number of hydrogen-bond acceptors (Lipinski definition) is 19. The van der Waals surface area contributed by atoms with Crippen LogP contribution in [0.15, 0.2) is 18.7 Å². The molecule has 4 saturated heterocycles. The van der Waals surface area contributed by atoms with E-state index in [0.29, 0.717) is 25.4 Å². The smallest absolute Gasteiger partial charge is 1.00 e. The number of allylic oxidation sites excluding steroid dienone is 1. The fourth-order valence-electron chi connectivity index (χ4n) is 7.09. The number of halogens is 1. The van der Waals surface area contributed by atoms with E-state index in [4.69, 9.17) is 42.6 Å². The minimum atomic E-state index is -0.651. The SMILES string of the molecule is C1CCOC1.C=C(C)C(O)[C@H](C)CC(=O)OC(C)(C)C.C=[C-]C.C[C@@H](C=O)CC(=O)OC(C)(C)C.C[C@H](CC(=O)OC(C)(C)C)C(=O)C1(C)CO1.C[C@H](CC(=O)OC(C)(C)C)C(=O)C1(C)CO1.C[C@H](CC(=O)OC(C)(C)C)C(O)C1(C)CO1.[Br-].[Mg+2]. The van der Waals surface area contributed by atoms with Gasteiger partial charge in [0.15, 0.2) is 11.6 Å². The second-order valence-electron chi connectivity index (χ2n) is 27.6. The molecule has 0 aromatic carbocycles. The van der Waals surface area contributed by atoms with E-state index in [1.54, 1.807) is 69.2 Å². The van der Waals surface area contributed by atoms with Gasteiger partial charge in [-0.05, 0) is 156 Å². The Morgan fingerprint density at radius 3 is 1.01 bits per heavy atom. The molecule has 0 spiro atoms. The van der Waals surface area contributed by atoms with Gasteiger partial charge in [-0.25, -0.2) is 0 Å². The number of hydrogen-bond donors (Lipinski definition) is 2. The summed E-state index contributed by atoms with van der Waals surface area (Å²) in [6, 6.07) is 0. The van der Waals surface area contributed by atoms with Crippen molar-refractivity contribution >= 4 is 70.8 Å². The summed E-state index contributed by atoms with van der Waals surface area (Å²) in [6.45, 7) is 55.3. The van der Waals surface area contributed by atoms with E-state index in [9.17, 15) is 48.6 Å². The molecule has 19 nitrogen and oxygen atoms in total. The van der Waals surface area contributed by atoms with Crippen LogP contribution in [-0.4, -0.2) is 171 Å². The standard InChI is InChI=1S/C12H22O4.2C12H20O4.C12H22O3.C9H16O3.C4H8O.C3H5.BrH.Mg/c3*1-8(10(14)12(5)7-15-12)6-9(13)16-11(2,3)4;1-8(2)11(14)9(3)7-10(13)15-12(4,5)6;1-7(6-10)5-8(11)12-9(2,3)4;1-2-4-5-3-1;1-3-2;;/h8,10,14H,6-7H2,1-5H3;2*8H,6-7H2,1-5H3;9,11,14H,1,7H2,2-6H3;6-7H,5H2,1-4H3;1-4H2;1H2,2H3;1H;/q;;;;;;-1;;+2/p-1/t8-,10?,12?;2*8-,12?;9-,11?;7-;;;;/m11111..../s1. The van der Waals surface area contributed by atoms with Gasteiger partial charge < -0.3 is 80.7 Å². The molecule has 0 bridgehead atoms. The number of carbonyl (C=O) groups excluding carboxylic acids is 8. The summed E-state index contributed by atoms with van der Waals surface area (Å²) < 4.78 is 45.9. The van der Waals surface area contributed by atoms with E-state index in [2.05, 4.69) is 19.2 Å². The topological polar surface area (TPSA) is 270 Å². The van der Waals surface area contributed by atoms with Gasteiger partial charge in [0.25, 0.3) is 0 Å². The molecule has 10 atom stereocenters. The summed E-state index contributed by atoms with van der Waals surface area (Å²) in [4.78, 5) is 90.8. The fourth-order valence-corrected chi connectivity index (χ4v) is 7.09. The molecule has 4 fully saturated rings. The summed E-state index contributed by atoms with van der Waals surface area (Å²) in [5, 5.41) is 19.6. The zero-order valence-electron chi connectivity index (χ0n) is 56.9. The maximum atomic E-state index is 11.8. The van der Waals surface area contributed by atoms with Crippen molar-refractivity contribution in [3.8, 4) is 0 Å². The van der Waals surface area contributed by atoms with Crippen LogP contribution in [0.4, 0.5) is 0 Å². The van der Waals surface area contributed by atoms with E-state index < -0.39 is 57.0 Å². The third-order valence-corrected chi connectivity index (χ3v) is 11.5.